The number of benzene rings is 1. The molecule has 0 spiro atoms. The third-order valence-electron chi connectivity index (χ3n) is 2.61. The Morgan fingerprint density at radius 1 is 1.24 bits per heavy atom. The fraction of sp³-hybridized carbons (Fsp3) is 0.231. The van der Waals surface area contributed by atoms with E-state index in [1.165, 1.54) is 24.5 Å². The van der Waals surface area contributed by atoms with Gasteiger partial charge in [-0.3, -0.25) is 0 Å². The minimum atomic E-state index is -4.77. The van der Waals surface area contributed by atoms with Crippen molar-refractivity contribution in [3.63, 3.8) is 0 Å². The molecule has 4 nitrogen and oxygen atoms in total. The molecule has 0 saturated carbocycles. The van der Waals surface area contributed by atoms with E-state index < -0.39 is 6.36 Å². The zero-order chi connectivity index (χ0) is 15.5. The smallest absolute Gasteiger partial charge is 0.404 e. The SMILES string of the molecule is CCc1c(Cl)ncnc1Nc1ccccc1OC(F)(F)F. The van der Waals surface area contributed by atoms with Crippen molar-refractivity contribution in [2.75, 3.05) is 5.32 Å². The van der Waals surface area contributed by atoms with Crippen molar-refractivity contribution >= 4 is 23.1 Å². The zero-order valence-electron chi connectivity index (χ0n) is 10.9. The molecule has 0 bridgehead atoms. The number of nitrogens with one attached hydrogen (secondary N) is 1. The molecule has 0 radical (unpaired) electrons. The van der Waals surface area contributed by atoms with E-state index in [0.29, 0.717) is 17.8 Å². The van der Waals surface area contributed by atoms with Crippen LogP contribution >= 0.6 is 11.6 Å². The molecule has 1 aromatic heterocycles. The van der Waals surface area contributed by atoms with E-state index in [9.17, 15) is 13.2 Å². The Morgan fingerprint density at radius 2 is 1.95 bits per heavy atom. The predicted octanol–water partition coefficient (Wildman–Crippen LogP) is 4.33. The molecule has 0 saturated heterocycles. The first-order valence-electron chi connectivity index (χ1n) is 6.02. The number of alkyl halides is 3. The summed E-state index contributed by atoms with van der Waals surface area (Å²) in [7, 11) is 0. The van der Waals surface area contributed by atoms with Gasteiger partial charge in [0, 0.05) is 5.56 Å². The van der Waals surface area contributed by atoms with Gasteiger partial charge >= 0.3 is 6.36 Å². The summed E-state index contributed by atoms with van der Waals surface area (Å²) in [4.78, 5) is 7.84. The van der Waals surface area contributed by atoms with Crippen molar-refractivity contribution in [1.29, 1.82) is 0 Å². The van der Waals surface area contributed by atoms with E-state index in [0.717, 1.165) is 0 Å². The quantitative estimate of drug-likeness (QED) is 0.852. The lowest BCUT2D eigenvalue weighted by molar-refractivity contribution is -0.274. The van der Waals surface area contributed by atoms with Gasteiger partial charge < -0.3 is 10.1 Å². The number of hydrogen-bond acceptors (Lipinski definition) is 4. The zero-order valence-corrected chi connectivity index (χ0v) is 11.7. The number of rotatable bonds is 4. The van der Waals surface area contributed by atoms with Crippen molar-refractivity contribution < 1.29 is 17.9 Å². The van der Waals surface area contributed by atoms with E-state index in [1.54, 1.807) is 6.07 Å². The maximum absolute atomic E-state index is 12.4. The van der Waals surface area contributed by atoms with Gasteiger partial charge in [0.25, 0.3) is 0 Å². The summed E-state index contributed by atoms with van der Waals surface area (Å²) < 4.78 is 41.1. The number of halogens is 4. The van der Waals surface area contributed by atoms with Gasteiger partial charge in [-0.15, -0.1) is 13.2 Å². The molecule has 0 amide bonds. The lowest BCUT2D eigenvalue weighted by Gasteiger charge is -2.15. The Hall–Kier alpha value is -2.02. The van der Waals surface area contributed by atoms with E-state index in [2.05, 4.69) is 20.0 Å². The highest BCUT2D eigenvalue weighted by molar-refractivity contribution is 6.30. The van der Waals surface area contributed by atoms with Gasteiger partial charge in [-0.2, -0.15) is 0 Å². The summed E-state index contributed by atoms with van der Waals surface area (Å²) >= 11 is 5.94. The van der Waals surface area contributed by atoms with Crippen LogP contribution in [0.3, 0.4) is 0 Å². The van der Waals surface area contributed by atoms with E-state index >= 15 is 0 Å². The first-order chi connectivity index (χ1) is 9.90. The fourth-order valence-corrected chi connectivity index (χ4v) is 1.99. The average Bonchev–Trinajstić information content (AvgIpc) is 2.40. The van der Waals surface area contributed by atoms with E-state index in [4.69, 9.17) is 11.6 Å². The lowest BCUT2D eigenvalue weighted by Crippen LogP contribution is -2.18. The van der Waals surface area contributed by atoms with Crippen LogP contribution in [0.1, 0.15) is 12.5 Å². The number of aromatic nitrogens is 2. The summed E-state index contributed by atoms with van der Waals surface area (Å²) in [5.41, 5.74) is 0.750. The van der Waals surface area contributed by atoms with Gasteiger partial charge in [-0.1, -0.05) is 30.7 Å². The van der Waals surface area contributed by atoms with Crippen LogP contribution in [0.5, 0.6) is 5.75 Å². The summed E-state index contributed by atoms with van der Waals surface area (Å²) in [6.45, 7) is 1.84. The molecule has 21 heavy (non-hydrogen) atoms. The van der Waals surface area contributed by atoms with Crippen molar-refractivity contribution in [1.82, 2.24) is 9.97 Å². The number of para-hydroxylation sites is 2. The van der Waals surface area contributed by atoms with E-state index in [1.807, 2.05) is 6.92 Å². The maximum atomic E-state index is 12.4. The minimum absolute atomic E-state index is 0.138. The molecule has 1 aromatic carbocycles. The van der Waals surface area contributed by atoms with Crippen LogP contribution in [0.2, 0.25) is 5.15 Å². The molecule has 0 aliphatic rings. The largest absolute Gasteiger partial charge is 0.573 e. The van der Waals surface area contributed by atoms with Gasteiger partial charge in [0.2, 0.25) is 0 Å². The second kappa shape index (κ2) is 6.17. The van der Waals surface area contributed by atoms with Crippen LogP contribution in [0.25, 0.3) is 0 Å². The first kappa shape index (κ1) is 15.4. The molecule has 2 rings (SSSR count). The van der Waals surface area contributed by atoms with Gasteiger partial charge in [-0.05, 0) is 18.6 Å². The molecule has 1 heterocycles. The van der Waals surface area contributed by atoms with Gasteiger partial charge in [0.1, 0.15) is 17.3 Å². The molecule has 0 aliphatic carbocycles. The van der Waals surface area contributed by atoms with Crippen molar-refractivity contribution in [3.8, 4) is 5.75 Å². The van der Waals surface area contributed by atoms with Gasteiger partial charge in [0.05, 0.1) is 5.69 Å². The van der Waals surface area contributed by atoms with Crippen molar-refractivity contribution in [3.05, 3.63) is 41.3 Å². The molecule has 2 aromatic rings. The Labute approximate surface area is 123 Å². The van der Waals surface area contributed by atoms with Gasteiger partial charge in [-0.25, -0.2) is 9.97 Å². The molecule has 0 fully saturated rings. The lowest BCUT2D eigenvalue weighted by atomic mass is 10.2. The fourth-order valence-electron chi connectivity index (χ4n) is 1.72. The molecule has 0 aliphatic heterocycles. The molecular weight excluding hydrogens is 307 g/mol. The predicted molar refractivity (Wildman–Crippen MR) is 72.8 cm³/mol. The third kappa shape index (κ3) is 3.98. The summed E-state index contributed by atoms with van der Waals surface area (Å²) in [5, 5.41) is 3.05. The first-order valence-corrected chi connectivity index (χ1v) is 6.39. The van der Waals surface area contributed by atoms with Crippen molar-refractivity contribution in [2.45, 2.75) is 19.7 Å². The third-order valence-corrected chi connectivity index (χ3v) is 2.94. The van der Waals surface area contributed by atoms with E-state index in [-0.39, 0.29) is 16.6 Å². The summed E-state index contributed by atoms with van der Waals surface area (Å²) in [6.07, 6.45) is -3.00. The monoisotopic (exact) mass is 317 g/mol. The van der Waals surface area contributed by atoms with Crippen molar-refractivity contribution in [2.24, 2.45) is 0 Å². The Morgan fingerprint density at radius 3 is 2.62 bits per heavy atom. The number of nitrogens with zero attached hydrogens (tertiary/aromatic N) is 2. The number of ether oxygens (including phenoxy) is 1. The van der Waals surface area contributed by atoms with Gasteiger partial charge in [0.15, 0.2) is 5.75 Å². The summed E-state index contributed by atoms with van der Waals surface area (Å²) in [5.74, 6) is -0.00230. The number of hydrogen-bond donors (Lipinski definition) is 1. The topological polar surface area (TPSA) is 47.0 Å². The molecule has 1 N–H and O–H groups in total. The molecular formula is C13H11ClF3N3O. The maximum Gasteiger partial charge on any atom is 0.573 e. The van der Waals surface area contributed by atoms with Crippen LogP contribution in [-0.2, 0) is 6.42 Å². The average molecular weight is 318 g/mol. The Kier molecular flexibility index (Phi) is 4.52. The van der Waals surface area contributed by atoms with Crippen LogP contribution in [0.15, 0.2) is 30.6 Å². The molecule has 0 atom stereocenters. The summed E-state index contributed by atoms with van der Waals surface area (Å²) in [6, 6.07) is 5.70. The highest BCUT2D eigenvalue weighted by atomic mass is 35.5. The number of anilines is 2. The van der Waals surface area contributed by atoms with Crippen LogP contribution in [-0.4, -0.2) is 16.3 Å². The molecule has 112 valence electrons. The second-order valence-corrected chi connectivity index (χ2v) is 4.37. The van der Waals surface area contributed by atoms with Crippen LogP contribution < -0.4 is 10.1 Å². The standard InChI is InChI=1S/C13H11ClF3N3O/c1-2-8-11(14)18-7-19-12(8)20-9-5-3-4-6-10(9)21-13(15,16)17/h3-7H,2H2,1H3,(H,18,19,20). The Balaban J connectivity index is 2.34. The highest BCUT2D eigenvalue weighted by Crippen LogP contribution is 2.33. The minimum Gasteiger partial charge on any atom is -0.404 e. The van der Waals surface area contributed by atoms with Crippen LogP contribution in [0, 0.1) is 0 Å². The van der Waals surface area contributed by atoms with Crippen LogP contribution in [0.4, 0.5) is 24.7 Å². The highest BCUT2D eigenvalue weighted by Gasteiger charge is 2.32. The normalized spacial score (nSPS) is 11.3. The molecule has 0 unspecified atom stereocenters. The molecule has 8 heteroatoms. The second-order valence-electron chi connectivity index (χ2n) is 4.01. The Bertz CT molecular complexity index is 634.